The van der Waals surface area contributed by atoms with Gasteiger partial charge in [0, 0.05) is 24.3 Å². The van der Waals surface area contributed by atoms with Crippen LogP contribution in [0, 0.1) is 0 Å². The predicted octanol–water partition coefficient (Wildman–Crippen LogP) is 3.66. The average Bonchev–Trinajstić information content (AvgIpc) is 3.32. The van der Waals surface area contributed by atoms with E-state index in [1.807, 2.05) is 49.4 Å². The lowest BCUT2D eigenvalue weighted by Crippen LogP contribution is -2.43. The molecule has 1 N–H and O–H groups in total. The number of hydrogen-bond donors (Lipinski definition) is 1. The van der Waals surface area contributed by atoms with Crippen LogP contribution in [0.1, 0.15) is 47.7 Å². The van der Waals surface area contributed by atoms with Gasteiger partial charge in [0.05, 0.1) is 0 Å². The summed E-state index contributed by atoms with van der Waals surface area (Å²) in [6.45, 7) is 5.65. The molecule has 0 bridgehead atoms. The van der Waals surface area contributed by atoms with Crippen LogP contribution < -0.4 is 5.32 Å². The van der Waals surface area contributed by atoms with E-state index in [1.54, 1.807) is 4.90 Å². The van der Waals surface area contributed by atoms with Crippen LogP contribution in [0.15, 0.2) is 48.5 Å². The Bertz CT molecular complexity index is 874. The Morgan fingerprint density at radius 1 is 1.11 bits per heavy atom. The highest BCUT2D eigenvalue weighted by Crippen LogP contribution is 2.26. The predicted molar refractivity (Wildman–Crippen MR) is 110 cm³/mol. The maximum absolute atomic E-state index is 13.0. The van der Waals surface area contributed by atoms with E-state index in [0.29, 0.717) is 18.5 Å². The lowest BCUT2D eigenvalue weighted by atomic mass is 10.1. The SMILES string of the molecule is CCC(C(=O)Nc1cccc(CN2CCCC2)c1)N1Cc2ccccc2C1=O. The van der Waals surface area contributed by atoms with E-state index in [0.717, 1.165) is 30.9 Å². The monoisotopic (exact) mass is 377 g/mol. The third kappa shape index (κ3) is 3.80. The largest absolute Gasteiger partial charge is 0.324 e. The van der Waals surface area contributed by atoms with E-state index < -0.39 is 6.04 Å². The van der Waals surface area contributed by atoms with Crippen molar-refractivity contribution >= 4 is 17.5 Å². The Morgan fingerprint density at radius 2 is 1.89 bits per heavy atom. The summed E-state index contributed by atoms with van der Waals surface area (Å²) in [5.74, 6) is -0.178. The summed E-state index contributed by atoms with van der Waals surface area (Å²) >= 11 is 0. The molecule has 2 aromatic carbocycles. The molecule has 2 aromatic rings. The van der Waals surface area contributed by atoms with Crippen molar-refractivity contribution in [2.75, 3.05) is 18.4 Å². The van der Waals surface area contributed by atoms with Crippen LogP contribution in [0.25, 0.3) is 0 Å². The van der Waals surface area contributed by atoms with Gasteiger partial charge in [-0.2, -0.15) is 0 Å². The fourth-order valence-corrected chi connectivity index (χ4v) is 4.25. The van der Waals surface area contributed by atoms with Crippen molar-refractivity contribution in [3.8, 4) is 0 Å². The summed E-state index contributed by atoms with van der Waals surface area (Å²) < 4.78 is 0. The summed E-state index contributed by atoms with van der Waals surface area (Å²) in [5, 5.41) is 3.03. The van der Waals surface area contributed by atoms with Gasteiger partial charge in [-0.25, -0.2) is 0 Å². The second-order valence-electron chi connectivity index (χ2n) is 7.69. The zero-order chi connectivity index (χ0) is 19.5. The first-order chi connectivity index (χ1) is 13.7. The Balaban J connectivity index is 1.44. The first-order valence-corrected chi connectivity index (χ1v) is 10.2. The van der Waals surface area contributed by atoms with E-state index in [2.05, 4.69) is 16.3 Å². The fourth-order valence-electron chi connectivity index (χ4n) is 4.25. The van der Waals surface area contributed by atoms with Gasteiger partial charge in [-0.05, 0) is 61.7 Å². The Morgan fingerprint density at radius 3 is 2.64 bits per heavy atom. The Labute approximate surface area is 166 Å². The van der Waals surface area contributed by atoms with Gasteiger partial charge in [-0.15, -0.1) is 0 Å². The number of carbonyl (C=O) groups excluding carboxylic acids is 2. The van der Waals surface area contributed by atoms with Crippen molar-refractivity contribution < 1.29 is 9.59 Å². The smallest absolute Gasteiger partial charge is 0.255 e. The number of fused-ring (bicyclic) bond motifs is 1. The third-order valence-electron chi connectivity index (χ3n) is 5.71. The van der Waals surface area contributed by atoms with Gasteiger partial charge in [0.1, 0.15) is 6.04 Å². The molecule has 28 heavy (non-hydrogen) atoms. The number of benzene rings is 2. The van der Waals surface area contributed by atoms with E-state index >= 15 is 0 Å². The average molecular weight is 377 g/mol. The molecule has 0 spiro atoms. The molecular formula is C23H27N3O2. The summed E-state index contributed by atoms with van der Waals surface area (Å²) in [5.41, 5.74) is 3.70. The summed E-state index contributed by atoms with van der Waals surface area (Å²) in [7, 11) is 0. The molecular weight excluding hydrogens is 350 g/mol. The Hall–Kier alpha value is -2.66. The maximum atomic E-state index is 13.0. The molecule has 2 heterocycles. The minimum atomic E-state index is -0.470. The first-order valence-electron chi connectivity index (χ1n) is 10.2. The molecule has 5 heteroatoms. The first kappa shape index (κ1) is 18.7. The highest BCUT2D eigenvalue weighted by molar-refractivity contribution is 6.03. The van der Waals surface area contributed by atoms with Gasteiger partial charge in [-0.3, -0.25) is 14.5 Å². The number of nitrogens with one attached hydrogen (secondary N) is 1. The minimum absolute atomic E-state index is 0.0552. The molecule has 0 saturated carbocycles. The highest BCUT2D eigenvalue weighted by atomic mass is 16.2. The number of nitrogens with zero attached hydrogens (tertiary/aromatic N) is 2. The third-order valence-corrected chi connectivity index (χ3v) is 5.71. The molecule has 0 aromatic heterocycles. The summed E-state index contributed by atoms with van der Waals surface area (Å²) in [6.07, 6.45) is 3.11. The van der Waals surface area contributed by atoms with Gasteiger partial charge in [0.25, 0.3) is 5.91 Å². The Kier molecular flexibility index (Phi) is 5.44. The second kappa shape index (κ2) is 8.15. The normalized spacial score (nSPS) is 17.6. The van der Waals surface area contributed by atoms with Gasteiger partial charge < -0.3 is 10.2 Å². The molecule has 1 saturated heterocycles. The molecule has 1 atom stereocenters. The lowest BCUT2D eigenvalue weighted by Gasteiger charge is -2.26. The van der Waals surface area contributed by atoms with Crippen molar-refractivity contribution in [2.45, 2.75) is 45.3 Å². The quantitative estimate of drug-likeness (QED) is 0.836. The molecule has 0 radical (unpaired) electrons. The zero-order valence-electron chi connectivity index (χ0n) is 16.4. The summed E-state index contributed by atoms with van der Waals surface area (Å²) in [4.78, 5) is 29.8. The van der Waals surface area contributed by atoms with Crippen LogP contribution >= 0.6 is 0 Å². The van der Waals surface area contributed by atoms with Gasteiger partial charge >= 0.3 is 0 Å². The van der Waals surface area contributed by atoms with Crippen LogP contribution in [-0.4, -0.2) is 40.7 Å². The lowest BCUT2D eigenvalue weighted by molar-refractivity contribution is -0.120. The van der Waals surface area contributed by atoms with Crippen molar-refractivity contribution in [1.82, 2.24) is 9.80 Å². The molecule has 2 aliphatic heterocycles. The molecule has 5 nitrogen and oxygen atoms in total. The number of anilines is 1. The number of hydrogen-bond acceptors (Lipinski definition) is 3. The van der Waals surface area contributed by atoms with Crippen molar-refractivity contribution in [3.63, 3.8) is 0 Å². The maximum Gasteiger partial charge on any atom is 0.255 e. The van der Waals surface area contributed by atoms with Crippen molar-refractivity contribution in [2.24, 2.45) is 0 Å². The number of rotatable bonds is 6. The minimum Gasteiger partial charge on any atom is -0.324 e. The van der Waals surface area contributed by atoms with Crippen LogP contribution in [0.4, 0.5) is 5.69 Å². The van der Waals surface area contributed by atoms with Gasteiger partial charge in [0.15, 0.2) is 0 Å². The molecule has 2 amide bonds. The molecule has 146 valence electrons. The molecule has 0 aliphatic carbocycles. The molecule has 1 unspecified atom stereocenters. The number of likely N-dealkylation sites (tertiary alicyclic amines) is 1. The van der Waals surface area contributed by atoms with Crippen LogP contribution in [-0.2, 0) is 17.9 Å². The summed E-state index contributed by atoms with van der Waals surface area (Å²) in [6, 6.07) is 15.2. The number of carbonyl (C=O) groups is 2. The second-order valence-corrected chi connectivity index (χ2v) is 7.69. The standard InChI is InChI=1S/C23H27N3O2/c1-2-21(26-16-18-9-3-4-11-20(18)23(26)28)22(27)24-19-10-7-8-17(14-19)15-25-12-5-6-13-25/h3-4,7-11,14,21H,2,5-6,12-13,15-16H2,1H3,(H,24,27). The zero-order valence-corrected chi connectivity index (χ0v) is 16.4. The molecule has 2 aliphatic rings. The van der Waals surface area contributed by atoms with Crippen LogP contribution in [0.5, 0.6) is 0 Å². The van der Waals surface area contributed by atoms with E-state index in [4.69, 9.17) is 0 Å². The number of amides is 2. The van der Waals surface area contributed by atoms with Gasteiger partial charge in [0.2, 0.25) is 5.91 Å². The van der Waals surface area contributed by atoms with E-state index in [1.165, 1.54) is 18.4 Å². The topological polar surface area (TPSA) is 52.7 Å². The van der Waals surface area contributed by atoms with E-state index in [-0.39, 0.29) is 11.8 Å². The van der Waals surface area contributed by atoms with E-state index in [9.17, 15) is 9.59 Å². The van der Waals surface area contributed by atoms with Gasteiger partial charge in [-0.1, -0.05) is 37.3 Å². The fraction of sp³-hybridized carbons (Fsp3) is 0.391. The van der Waals surface area contributed by atoms with Crippen LogP contribution in [0.3, 0.4) is 0 Å². The highest BCUT2D eigenvalue weighted by Gasteiger charge is 2.35. The van der Waals surface area contributed by atoms with Crippen molar-refractivity contribution in [1.29, 1.82) is 0 Å². The van der Waals surface area contributed by atoms with Crippen LogP contribution in [0.2, 0.25) is 0 Å². The molecule has 1 fully saturated rings. The van der Waals surface area contributed by atoms with Crippen molar-refractivity contribution in [3.05, 3.63) is 65.2 Å². The molecule has 4 rings (SSSR count).